The van der Waals surface area contributed by atoms with Crippen molar-refractivity contribution in [1.82, 2.24) is 0 Å². The molecular formula is C40H26N2S. The van der Waals surface area contributed by atoms with E-state index in [9.17, 15) is 0 Å². The number of fused-ring (bicyclic) bond motifs is 5. The van der Waals surface area contributed by atoms with Crippen molar-refractivity contribution in [2.75, 3.05) is 10.2 Å². The van der Waals surface area contributed by atoms with Crippen molar-refractivity contribution in [2.24, 2.45) is 0 Å². The predicted molar refractivity (Wildman–Crippen MR) is 186 cm³/mol. The van der Waals surface area contributed by atoms with Gasteiger partial charge in [0.05, 0.1) is 0 Å². The third-order valence-electron chi connectivity index (χ3n) is 8.60. The maximum absolute atomic E-state index is 3.66. The van der Waals surface area contributed by atoms with Gasteiger partial charge in [0, 0.05) is 59.6 Å². The maximum atomic E-state index is 3.66. The Kier molecular flexibility index (Phi) is 5.40. The fraction of sp³-hybridized carbons (Fsp3) is 0. The Labute approximate surface area is 254 Å². The maximum Gasteiger partial charge on any atom is 0.0470 e. The standard InChI is InChI=1S/C40H26N2S/c1-2-9-27(10-3-1)42(29-21-24-39-35(25-29)32-12-5-7-16-38(32)43-39)28-19-17-26(18-20-28)30-22-23-37-40-33(30)13-8-14-34(40)31-11-4-6-15-36(31)41-37/h1-25,41H. The smallest absolute Gasteiger partial charge is 0.0470 e. The first-order valence-electron chi connectivity index (χ1n) is 14.6. The van der Waals surface area contributed by atoms with E-state index >= 15 is 0 Å². The molecule has 0 spiro atoms. The van der Waals surface area contributed by atoms with Crippen LogP contribution in [0.25, 0.3) is 53.2 Å². The van der Waals surface area contributed by atoms with Crippen LogP contribution in [0.15, 0.2) is 152 Å². The average molecular weight is 567 g/mol. The molecule has 1 aromatic heterocycles. The summed E-state index contributed by atoms with van der Waals surface area (Å²) in [6.45, 7) is 0. The number of benzene rings is 7. The fourth-order valence-corrected chi connectivity index (χ4v) is 7.71. The minimum atomic E-state index is 1.13. The Hall–Kier alpha value is -5.38. The van der Waals surface area contributed by atoms with E-state index in [4.69, 9.17) is 0 Å². The van der Waals surface area contributed by atoms with Crippen LogP contribution >= 0.6 is 11.3 Å². The highest BCUT2D eigenvalue weighted by molar-refractivity contribution is 7.25. The monoisotopic (exact) mass is 566 g/mol. The quantitative estimate of drug-likeness (QED) is 0.228. The van der Waals surface area contributed by atoms with Crippen LogP contribution in [0.3, 0.4) is 0 Å². The molecular weight excluding hydrogens is 541 g/mol. The minimum Gasteiger partial charge on any atom is -0.354 e. The number of nitrogens with one attached hydrogen (secondary N) is 1. The van der Waals surface area contributed by atoms with Crippen molar-refractivity contribution in [1.29, 1.82) is 0 Å². The highest BCUT2D eigenvalue weighted by Crippen LogP contribution is 2.47. The molecule has 0 unspecified atom stereocenters. The predicted octanol–water partition coefficient (Wildman–Crippen LogP) is 12.1. The number of hydrogen-bond acceptors (Lipinski definition) is 3. The largest absolute Gasteiger partial charge is 0.354 e. The topological polar surface area (TPSA) is 15.3 Å². The zero-order valence-electron chi connectivity index (χ0n) is 23.3. The van der Waals surface area contributed by atoms with Crippen molar-refractivity contribution in [3.05, 3.63) is 152 Å². The van der Waals surface area contributed by atoms with Gasteiger partial charge in [-0.05, 0) is 82.7 Å². The van der Waals surface area contributed by atoms with E-state index < -0.39 is 0 Å². The van der Waals surface area contributed by atoms with Gasteiger partial charge in [0.25, 0.3) is 0 Å². The molecule has 0 saturated heterocycles. The van der Waals surface area contributed by atoms with Gasteiger partial charge >= 0.3 is 0 Å². The molecule has 43 heavy (non-hydrogen) atoms. The second kappa shape index (κ2) is 9.59. The van der Waals surface area contributed by atoms with Gasteiger partial charge < -0.3 is 10.2 Å². The van der Waals surface area contributed by atoms with E-state index in [1.807, 2.05) is 11.3 Å². The van der Waals surface area contributed by atoms with Gasteiger partial charge in [-0.15, -0.1) is 11.3 Å². The average Bonchev–Trinajstić information content (AvgIpc) is 3.44. The number of nitrogens with zero attached hydrogens (tertiary/aromatic N) is 1. The summed E-state index contributed by atoms with van der Waals surface area (Å²) >= 11 is 1.86. The van der Waals surface area contributed by atoms with Crippen LogP contribution in [-0.4, -0.2) is 0 Å². The molecule has 0 atom stereocenters. The van der Waals surface area contributed by atoms with Crippen molar-refractivity contribution in [3.63, 3.8) is 0 Å². The van der Waals surface area contributed by atoms with Gasteiger partial charge in [-0.25, -0.2) is 0 Å². The van der Waals surface area contributed by atoms with E-state index in [2.05, 4.69) is 162 Å². The van der Waals surface area contributed by atoms with Crippen LogP contribution in [-0.2, 0) is 0 Å². The second-order valence-electron chi connectivity index (χ2n) is 11.1. The summed E-state index contributed by atoms with van der Waals surface area (Å²) in [7, 11) is 0. The first kappa shape index (κ1) is 24.2. The third-order valence-corrected chi connectivity index (χ3v) is 9.75. The van der Waals surface area contributed by atoms with Crippen LogP contribution in [0.1, 0.15) is 0 Å². The summed E-state index contributed by atoms with van der Waals surface area (Å²) in [5.41, 5.74) is 10.7. The molecule has 9 rings (SSSR count). The van der Waals surface area contributed by atoms with Crippen LogP contribution in [0.5, 0.6) is 0 Å². The molecule has 2 nitrogen and oxygen atoms in total. The van der Waals surface area contributed by atoms with Crippen LogP contribution < -0.4 is 10.2 Å². The van der Waals surface area contributed by atoms with E-state index in [-0.39, 0.29) is 0 Å². The molecule has 202 valence electrons. The number of thiophene rings is 1. The zero-order valence-corrected chi connectivity index (χ0v) is 24.1. The van der Waals surface area contributed by atoms with Crippen LogP contribution in [0.2, 0.25) is 0 Å². The second-order valence-corrected chi connectivity index (χ2v) is 12.1. The lowest BCUT2D eigenvalue weighted by molar-refractivity contribution is 1.29. The Morgan fingerprint density at radius 2 is 1.12 bits per heavy atom. The highest BCUT2D eigenvalue weighted by Gasteiger charge is 2.20. The van der Waals surface area contributed by atoms with Crippen molar-refractivity contribution >= 4 is 70.7 Å². The summed E-state index contributed by atoms with van der Waals surface area (Å²) in [6.07, 6.45) is 0. The van der Waals surface area contributed by atoms with Gasteiger partial charge in [0.2, 0.25) is 0 Å². The summed E-state index contributed by atoms with van der Waals surface area (Å²) in [5, 5.41) is 8.82. The van der Waals surface area contributed by atoms with E-state index in [1.165, 1.54) is 53.2 Å². The third kappa shape index (κ3) is 3.86. The molecule has 1 N–H and O–H groups in total. The van der Waals surface area contributed by atoms with E-state index in [0.717, 1.165) is 28.4 Å². The molecule has 0 fully saturated rings. The normalized spacial score (nSPS) is 11.9. The minimum absolute atomic E-state index is 1.13. The first-order chi connectivity index (χ1) is 21.3. The lowest BCUT2D eigenvalue weighted by Gasteiger charge is -2.26. The molecule has 7 aromatic carbocycles. The molecule has 8 aromatic rings. The molecule has 3 heteroatoms. The molecule has 0 bridgehead atoms. The SMILES string of the molecule is c1ccc(N(c2ccc(-c3ccc4c5c(cccc35)-c3ccccc3N4)cc2)c2ccc3sc4ccccc4c3c2)cc1. The van der Waals surface area contributed by atoms with Crippen LogP contribution in [0.4, 0.5) is 28.4 Å². The Balaban J connectivity index is 1.17. The molecule has 0 saturated carbocycles. The molecule has 0 aliphatic carbocycles. The lowest BCUT2D eigenvalue weighted by atomic mass is 9.89. The first-order valence-corrected chi connectivity index (χ1v) is 15.4. The molecule has 0 amide bonds. The van der Waals surface area contributed by atoms with Gasteiger partial charge in [0.1, 0.15) is 0 Å². The Morgan fingerprint density at radius 3 is 2.02 bits per heavy atom. The van der Waals surface area contributed by atoms with Crippen molar-refractivity contribution in [2.45, 2.75) is 0 Å². The Bertz CT molecular complexity index is 2320. The number of hydrogen-bond donors (Lipinski definition) is 1. The van der Waals surface area contributed by atoms with E-state index in [0.29, 0.717) is 0 Å². The molecule has 1 aliphatic rings. The Morgan fingerprint density at radius 1 is 0.419 bits per heavy atom. The molecule has 1 aliphatic heterocycles. The zero-order chi connectivity index (χ0) is 28.3. The summed E-state index contributed by atoms with van der Waals surface area (Å²) in [5.74, 6) is 0. The van der Waals surface area contributed by atoms with E-state index in [1.54, 1.807) is 0 Å². The lowest BCUT2D eigenvalue weighted by Crippen LogP contribution is -2.09. The van der Waals surface area contributed by atoms with Gasteiger partial charge in [-0.2, -0.15) is 0 Å². The van der Waals surface area contributed by atoms with Gasteiger partial charge in [-0.1, -0.05) is 91.0 Å². The number of para-hydroxylation sites is 2. The molecule has 0 radical (unpaired) electrons. The fourth-order valence-electron chi connectivity index (χ4n) is 6.63. The van der Waals surface area contributed by atoms with Crippen molar-refractivity contribution in [3.8, 4) is 22.3 Å². The van der Waals surface area contributed by atoms with Gasteiger partial charge in [-0.3, -0.25) is 0 Å². The molecule has 2 heterocycles. The summed E-state index contributed by atoms with van der Waals surface area (Å²) in [6, 6.07) is 54.9. The summed E-state index contributed by atoms with van der Waals surface area (Å²) in [4.78, 5) is 2.36. The highest BCUT2D eigenvalue weighted by atomic mass is 32.1. The van der Waals surface area contributed by atoms with Crippen LogP contribution in [0, 0.1) is 0 Å². The summed E-state index contributed by atoms with van der Waals surface area (Å²) < 4.78 is 2.64. The number of rotatable bonds is 4. The number of anilines is 5. The van der Waals surface area contributed by atoms with Gasteiger partial charge in [0.15, 0.2) is 0 Å². The van der Waals surface area contributed by atoms with Crippen molar-refractivity contribution < 1.29 is 0 Å².